The molecule has 0 radical (unpaired) electrons. The number of para-hydroxylation sites is 1. The number of hydrogen-bond donors (Lipinski definition) is 2. The van der Waals surface area contributed by atoms with Gasteiger partial charge in [0.15, 0.2) is 0 Å². The minimum atomic E-state index is -0.169. The summed E-state index contributed by atoms with van der Waals surface area (Å²) in [5.74, 6) is 0.364. The summed E-state index contributed by atoms with van der Waals surface area (Å²) in [4.78, 5) is 3.39. The van der Waals surface area contributed by atoms with Crippen molar-refractivity contribution in [3.05, 3.63) is 70.7 Å². The number of halogens is 1. The number of hydrogen-bond acceptors (Lipinski definition) is 1. The average molecular weight is 294 g/mol. The summed E-state index contributed by atoms with van der Waals surface area (Å²) in [7, 11) is 0. The van der Waals surface area contributed by atoms with Gasteiger partial charge >= 0.3 is 0 Å². The van der Waals surface area contributed by atoms with Crippen LogP contribution in [0.3, 0.4) is 0 Å². The van der Waals surface area contributed by atoms with E-state index in [-0.39, 0.29) is 11.7 Å². The highest BCUT2D eigenvalue weighted by molar-refractivity contribution is 5.87. The van der Waals surface area contributed by atoms with E-state index in [1.54, 1.807) is 12.1 Å². The lowest BCUT2D eigenvalue weighted by Crippen LogP contribution is -2.09. The van der Waals surface area contributed by atoms with Crippen LogP contribution in [0.4, 0.5) is 4.39 Å². The van der Waals surface area contributed by atoms with Crippen LogP contribution in [0, 0.1) is 12.7 Å². The maximum atomic E-state index is 13.7. The Hall–Kier alpha value is -2.13. The predicted molar refractivity (Wildman–Crippen MR) is 87.7 cm³/mol. The Kier molecular flexibility index (Phi) is 3.05. The fourth-order valence-electron chi connectivity index (χ4n) is 3.89. The summed E-state index contributed by atoms with van der Waals surface area (Å²) in [5.41, 5.74) is 11.9. The van der Waals surface area contributed by atoms with Gasteiger partial charge in [-0.15, -0.1) is 0 Å². The summed E-state index contributed by atoms with van der Waals surface area (Å²) in [5, 5.41) is 1.23. The van der Waals surface area contributed by atoms with Gasteiger partial charge < -0.3 is 10.7 Å². The van der Waals surface area contributed by atoms with Crippen molar-refractivity contribution in [2.75, 3.05) is 6.54 Å². The van der Waals surface area contributed by atoms with Crippen molar-refractivity contribution in [2.45, 2.75) is 25.2 Å². The van der Waals surface area contributed by atoms with Crippen molar-refractivity contribution >= 4 is 10.9 Å². The van der Waals surface area contributed by atoms with Gasteiger partial charge in [-0.3, -0.25) is 0 Å². The fourth-order valence-corrected chi connectivity index (χ4v) is 3.89. The largest absolute Gasteiger partial charge is 0.361 e. The Bertz CT molecular complexity index is 850. The van der Waals surface area contributed by atoms with Crippen molar-refractivity contribution in [1.82, 2.24) is 4.98 Å². The molecule has 4 rings (SSSR count). The molecular weight excluding hydrogens is 275 g/mol. The second kappa shape index (κ2) is 4.96. The summed E-state index contributed by atoms with van der Waals surface area (Å²) in [6, 6.07) is 11.5. The van der Waals surface area contributed by atoms with Crippen molar-refractivity contribution in [1.29, 1.82) is 0 Å². The number of benzene rings is 2. The molecule has 2 aromatic carbocycles. The zero-order valence-electron chi connectivity index (χ0n) is 12.6. The van der Waals surface area contributed by atoms with E-state index in [1.165, 1.54) is 27.6 Å². The fraction of sp³-hybridized carbons (Fsp3) is 0.263. The van der Waals surface area contributed by atoms with Gasteiger partial charge in [0, 0.05) is 23.0 Å². The molecule has 2 atom stereocenters. The third-order valence-electron chi connectivity index (χ3n) is 5.00. The van der Waals surface area contributed by atoms with Crippen LogP contribution in [0.15, 0.2) is 42.6 Å². The summed E-state index contributed by atoms with van der Waals surface area (Å²) >= 11 is 0. The minimum absolute atomic E-state index is 0.169. The van der Waals surface area contributed by atoms with E-state index >= 15 is 0 Å². The Labute approximate surface area is 129 Å². The van der Waals surface area contributed by atoms with E-state index in [1.807, 2.05) is 6.07 Å². The number of aromatic amines is 1. The number of aromatic nitrogens is 1. The molecule has 0 fully saturated rings. The van der Waals surface area contributed by atoms with E-state index in [9.17, 15) is 4.39 Å². The maximum absolute atomic E-state index is 13.7. The van der Waals surface area contributed by atoms with Gasteiger partial charge in [0.2, 0.25) is 0 Å². The van der Waals surface area contributed by atoms with E-state index in [2.05, 4.69) is 36.3 Å². The number of rotatable bonds is 2. The lowest BCUT2D eigenvalue weighted by atomic mass is 9.92. The molecule has 1 heterocycles. The molecule has 1 aliphatic carbocycles. The molecule has 0 saturated heterocycles. The summed E-state index contributed by atoms with van der Waals surface area (Å²) in [6.45, 7) is 2.71. The first-order valence-electron chi connectivity index (χ1n) is 7.75. The van der Waals surface area contributed by atoms with Crippen molar-refractivity contribution in [2.24, 2.45) is 5.73 Å². The van der Waals surface area contributed by atoms with Crippen molar-refractivity contribution in [3.8, 4) is 0 Å². The molecule has 112 valence electrons. The van der Waals surface area contributed by atoms with Crippen molar-refractivity contribution < 1.29 is 4.39 Å². The standard InChI is InChI=1S/C19H19FN2/c1-11-3-2-4-15-18(10-22-19(11)15)16-7-12(9-21)14-6-5-13(20)8-17(14)16/h2-6,8,10,12,16,22H,7,9,21H2,1H3. The lowest BCUT2D eigenvalue weighted by Gasteiger charge is -2.11. The van der Waals surface area contributed by atoms with Crippen LogP contribution in [0.1, 0.15) is 40.5 Å². The minimum Gasteiger partial charge on any atom is -0.361 e. The Morgan fingerprint density at radius 1 is 1.18 bits per heavy atom. The molecule has 1 aliphatic rings. The Morgan fingerprint density at radius 3 is 2.86 bits per heavy atom. The molecule has 3 aromatic rings. The van der Waals surface area contributed by atoms with Gasteiger partial charge in [-0.25, -0.2) is 4.39 Å². The zero-order chi connectivity index (χ0) is 15.3. The molecular formula is C19H19FN2. The number of fused-ring (bicyclic) bond motifs is 2. The van der Waals surface area contributed by atoms with Gasteiger partial charge in [0.1, 0.15) is 5.82 Å². The van der Waals surface area contributed by atoms with E-state index < -0.39 is 0 Å². The van der Waals surface area contributed by atoms with Crippen LogP contribution in [-0.4, -0.2) is 11.5 Å². The highest BCUT2D eigenvalue weighted by Crippen LogP contribution is 2.46. The SMILES string of the molecule is Cc1cccc2c(C3CC(CN)c4ccc(F)cc43)c[nH]c12. The van der Waals surface area contributed by atoms with Gasteiger partial charge in [0.05, 0.1) is 0 Å². The molecule has 0 aliphatic heterocycles. The first-order chi connectivity index (χ1) is 10.7. The maximum Gasteiger partial charge on any atom is 0.123 e. The van der Waals surface area contributed by atoms with Crippen LogP contribution >= 0.6 is 0 Å². The zero-order valence-corrected chi connectivity index (χ0v) is 12.6. The first-order valence-corrected chi connectivity index (χ1v) is 7.75. The smallest absolute Gasteiger partial charge is 0.123 e. The van der Waals surface area contributed by atoms with E-state index in [4.69, 9.17) is 5.73 Å². The van der Waals surface area contributed by atoms with Crippen LogP contribution in [0.25, 0.3) is 10.9 Å². The molecule has 2 nitrogen and oxygen atoms in total. The topological polar surface area (TPSA) is 41.8 Å². The van der Waals surface area contributed by atoms with Crippen LogP contribution in [0.2, 0.25) is 0 Å². The molecule has 1 aromatic heterocycles. The molecule has 2 unspecified atom stereocenters. The van der Waals surface area contributed by atoms with Gasteiger partial charge in [-0.1, -0.05) is 24.3 Å². The number of H-pyrrole nitrogens is 1. The van der Waals surface area contributed by atoms with Crippen LogP contribution in [0.5, 0.6) is 0 Å². The molecule has 3 N–H and O–H groups in total. The van der Waals surface area contributed by atoms with Gasteiger partial charge in [-0.05, 0) is 60.2 Å². The second-order valence-electron chi connectivity index (χ2n) is 6.24. The summed E-state index contributed by atoms with van der Waals surface area (Å²) < 4.78 is 13.7. The summed E-state index contributed by atoms with van der Waals surface area (Å²) in [6.07, 6.45) is 3.03. The predicted octanol–water partition coefficient (Wildman–Crippen LogP) is 4.19. The van der Waals surface area contributed by atoms with Gasteiger partial charge in [0.25, 0.3) is 0 Å². The Morgan fingerprint density at radius 2 is 2.05 bits per heavy atom. The second-order valence-corrected chi connectivity index (χ2v) is 6.24. The molecule has 22 heavy (non-hydrogen) atoms. The molecule has 0 bridgehead atoms. The van der Waals surface area contributed by atoms with Gasteiger partial charge in [-0.2, -0.15) is 0 Å². The molecule has 3 heteroatoms. The molecule has 0 spiro atoms. The Balaban J connectivity index is 1.90. The average Bonchev–Trinajstić information content (AvgIpc) is 3.08. The highest BCUT2D eigenvalue weighted by atomic mass is 19.1. The van der Waals surface area contributed by atoms with Crippen molar-refractivity contribution in [3.63, 3.8) is 0 Å². The molecule has 0 amide bonds. The third kappa shape index (κ3) is 1.89. The molecule has 0 saturated carbocycles. The number of nitrogens with two attached hydrogens (primary N) is 1. The quantitative estimate of drug-likeness (QED) is 0.731. The number of aryl methyl sites for hydroxylation is 1. The normalized spacial score (nSPS) is 20.5. The highest BCUT2D eigenvalue weighted by Gasteiger charge is 2.32. The first kappa shape index (κ1) is 13.5. The third-order valence-corrected chi connectivity index (χ3v) is 5.00. The van der Waals surface area contributed by atoms with E-state index in [0.717, 1.165) is 12.0 Å². The van der Waals surface area contributed by atoms with E-state index in [0.29, 0.717) is 12.5 Å². The van der Waals surface area contributed by atoms with Crippen LogP contribution in [-0.2, 0) is 0 Å². The number of nitrogens with one attached hydrogen (secondary N) is 1. The monoisotopic (exact) mass is 294 g/mol. The van der Waals surface area contributed by atoms with Crippen LogP contribution < -0.4 is 5.73 Å². The lowest BCUT2D eigenvalue weighted by molar-refractivity contribution is 0.624.